The number of rotatable bonds is 3. The number of aryl methyl sites for hydroxylation is 2. The summed E-state index contributed by atoms with van der Waals surface area (Å²) in [6.07, 6.45) is 5.93. The summed E-state index contributed by atoms with van der Waals surface area (Å²) in [6, 6.07) is 7.74. The minimum Gasteiger partial charge on any atom is -0.355 e. The van der Waals surface area contributed by atoms with Gasteiger partial charge in [0, 0.05) is 43.5 Å². The highest BCUT2D eigenvalue weighted by Gasteiger charge is 2.32. The highest BCUT2D eigenvalue weighted by Crippen LogP contribution is 2.34. The minimum absolute atomic E-state index is 0.0346. The number of hydrogen-bond acceptors (Lipinski definition) is 5. The van der Waals surface area contributed by atoms with Gasteiger partial charge in [0.05, 0.1) is 22.3 Å². The van der Waals surface area contributed by atoms with E-state index in [4.69, 9.17) is 27.4 Å². The summed E-state index contributed by atoms with van der Waals surface area (Å²) >= 11 is 6.42. The molecule has 0 bridgehead atoms. The molecule has 2 N–H and O–H groups in total. The summed E-state index contributed by atoms with van der Waals surface area (Å²) in [7, 11) is 0. The Morgan fingerprint density at radius 2 is 2.00 bits per heavy atom. The number of carbonyl (C=O) groups excluding carboxylic acids is 1. The molecule has 2 saturated heterocycles. The normalized spacial score (nSPS) is 21.5. The zero-order chi connectivity index (χ0) is 22.4. The molecule has 2 atom stereocenters. The van der Waals surface area contributed by atoms with E-state index >= 15 is 0 Å². The van der Waals surface area contributed by atoms with Gasteiger partial charge in [-0.3, -0.25) is 4.79 Å². The van der Waals surface area contributed by atoms with E-state index in [0.29, 0.717) is 17.1 Å². The van der Waals surface area contributed by atoms with Gasteiger partial charge in [-0.1, -0.05) is 17.7 Å². The molecule has 2 aliphatic rings. The number of aromatic nitrogens is 3. The molecule has 0 saturated carbocycles. The first-order chi connectivity index (χ1) is 15.4. The number of hydrogen-bond donors (Lipinski definition) is 1. The molecular formula is C24H29ClN6O. The summed E-state index contributed by atoms with van der Waals surface area (Å²) in [6.45, 7) is 6.48. The van der Waals surface area contributed by atoms with Gasteiger partial charge >= 0.3 is 0 Å². The van der Waals surface area contributed by atoms with Crippen LogP contribution in [0, 0.1) is 13.8 Å². The van der Waals surface area contributed by atoms with E-state index < -0.39 is 0 Å². The van der Waals surface area contributed by atoms with E-state index in [1.165, 1.54) is 0 Å². The van der Waals surface area contributed by atoms with Crippen molar-refractivity contribution in [1.29, 1.82) is 0 Å². The standard InChI is InChI=1S/C24H29ClN6O/c1-15-6-7-18(19(25)11-15)24(32)30-9-4-3-5-21(30)20-12-22-27-23(16(2)13-31(22)28-20)29-10-8-17(26)14-29/h6-7,11-13,17,21H,3-5,8-10,14,26H2,1-2H3/t17-,21-/m0/s1. The lowest BCUT2D eigenvalue weighted by Gasteiger charge is -2.35. The Kier molecular flexibility index (Phi) is 5.55. The average molecular weight is 453 g/mol. The van der Waals surface area contributed by atoms with Gasteiger partial charge in [-0.15, -0.1) is 0 Å². The summed E-state index contributed by atoms with van der Waals surface area (Å²) < 4.78 is 1.83. The fourth-order valence-electron chi connectivity index (χ4n) is 4.91. The van der Waals surface area contributed by atoms with Crippen LogP contribution < -0.4 is 10.6 Å². The van der Waals surface area contributed by atoms with Crippen LogP contribution in [0.2, 0.25) is 5.02 Å². The molecule has 4 heterocycles. The molecule has 5 rings (SSSR count). The predicted octanol–water partition coefficient (Wildman–Crippen LogP) is 3.90. The second-order valence-corrected chi connectivity index (χ2v) is 9.51. The molecular weight excluding hydrogens is 424 g/mol. The number of benzene rings is 1. The molecule has 2 fully saturated rings. The van der Waals surface area contributed by atoms with Crippen molar-refractivity contribution < 1.29 is 4.79 Å². The van der Waals surface area contributed by atoms with Gasteiger partial charge in [0.25, 0.3) is 5.91 Å². The van der Waals surface area contributed by atoms with Crippen LogP contribution in [0.1, 0.15) is 58.9 Å². The van der Waals surface area contributed by atoms with Crippen LogP contribution in [0.25, 0.3) is 5.65 Å². The number of halogens is 1. The molecule has 0 unspecified atom stereocenters. The van der Waals surface area contributed by atoms with Gasteiger partial charge in [-0.2, -0.15) is 5.10 Å². The smallest absolute Gasteiger partial charge is 0.255 e. The second-order valence-electron chi connectivity index (χ2n) is 9.11. The van der Waals surface area contributed by atoms with Gasteiger partial charge in [0.15, 0.2) is 5.65 Å². The quantitative estimate of drug-likeness (QED) is 0.651. The van der Waals surface area contributed by atoms with Crippen molar-refractivity contribution in [2.24, 2.45) is 5.73 Å². The Hall–Kier alpha value is -2.64. The lowest BCUT2D eigenvalue weighted by molar-refractivity contribution is 0.0606. The molecule has 0 spiro atoms. The molecule has 32 heavy (non-hydrogen) atoms. The lowest BCUT2D eigenvalue weighted by Crippen LogP contribution is -2.38. The molecule has 1 amide bonds. The minimum atomic E-state index is -0.0840. The predicted molar refractivity (Wildman–Crippen MR) is 126 cm³/mol. The third-order valence-electron chi connectivity index (χ3n) is 6.61. The van der Waals surface area contributed by atoms with Gasteiger partial charge in [-0.05, 0) is 57.2 Å². The molecule has 168 valence electrons. The van der Waals surface area contributed by atoms with E-state index in [2.05, 4.69) is 11.8 Å². The van der Waals surface area contributed by atoms with Crippen LogP contribution in [0.15, 0.2) is 30.5 Å². The highest BCUT2D eigenvalue weighted by molar-refractivity contribution is 6.33. The first-order valence-electron chi connectivity index (χ1n) is 11.4. The van der Waals surface area contributed by atoms with Crippen molar-refractivity contribution in [1.82, 2.24) is 19.5 Å². The number of fused-ring (bicyclic) bond motifs is 1. The Bertz CT molecular complexity index is 1170. The summed E-state index contributed by atoms with van der Waals surface area (Å²) in [5.41, 5.74) is 10.4. The molecule has 1 aromatic carbocycles. The van der Waals surface area contributed by atoms with Crippen molar-refractivity contribution >= 4 is 29.0 Å². The van der Waals surface area contributed by atoms with Crippen LogP contribution in [-0.2, 0) is 0 Å². The number of nitrogens with two attached hydrogens (primary N) is 1. The number of carbonyl (C=O) groups is 1. The average Bonchev–Trinajstić information content (AvgIpc) is 3.38. The first kappa shape index (κ1) is 21.2. The van der Waals surface area contributed by atoms with Crippen molar-refractivity contribution in [3.63, 3.8) is 0 Å². The number of likely N-dealkylation sites (tertiary alicyclic amines) is 1. The Morgan fingerprint density at radius 3 is 2.75 bits per heavy atom. The monoisotopic (exact) mass is 452 g/mol. The van der Waals surface area contributed by atoms with E-state index in [0.717, 1.165) is 67.1 Å². The SMILES string of the molecule is Cc1ccc(C(=O)N2CCCC[C@H]2c2cc3nc(N4CC[C@H](N)C4)c(C)cn3n2)c(Cl)c1. The van der Waals surface area contributed by atoms with Crippen LogP contribution in [-0.4, -0.2) is 51.1 Å². The number of nitrogens with zero attached hydrogens (tertiary/aromatic N) is 5. The first-order valence-corrected chi connectivity index (χ1v) is 11.7. The van der Waals surface area contributed by atoms with Gasteiger partial charge in [0.1, 0.15) is 5.82 Å². The largest absolute Gasteiger partial charge is 0.355 e. The molecule has 0 aliphatic carbocycles. The molecule has 2 aromatic heterocycles. The van der Waals surface area contributed by atoms with Crippen LogP contribution >= 0.6 is 11.6 Å². The van der Waals surface area contributed by atoms with Crippen LogP contribution in [0.3, 0.4) is 0 Å². The van der Waals surface area contributed by atoms with E-state index in [9.17, 15) is 4.79 Å². The third-order valence-corrected chi connectivity index (χ3v) is 6.92. The van der Waals surface area contributed by atoms with Crippen LogP contribution in [0.4, 0.5) is 5.82 Å². The van der Waals surface area contributed by atoms with Crippen LogP contribution in [0.5, 0.6) is 0 Å². The van der Waals surface area contributed by atoms with Crippen molar-refractivity contribution in [2.45, 2.75) is 51.6 Å². The van der Waals surface area contributed by atoms with Gasteiger partial charge in [-0.25, -0.2) is 9.50 Å². The molecule has 8 heteroatoms. The topological polar surface area (TPSA) is 79.8 Å². The summed E-state index contributed by atoms with van der Waals surface area (Å²) in [4.78, 5) is 22.5. The maximum atomic E-state index is 13.4. The van der Waals surface area contributed by atoms with E-state index in [-0.39, 0.29) is 18.0 Å². The molecule has 2 aliphatic heterocycles. The number of amides is 1. The van der Waals surface area contributed by atoms with Gasteiger partial charge in [0.2, 0.25) is 0 Å². The van der Waals surface area contributed by atoms with E-state index in [1.54, 1.807) is 0 Å². The lowest BCUT2D eigenvalue weighted by atomic mass is 9.98. The maximum absolute atomic E-state index is 13.4. The van der Waals surface area contributed by atoms with Crippen molar-refractivity contribution in [3.05, 3.63) is 57.9 Å². The Morgan fingerprint density at radius 1 is 1.16 bits per heavy atom. The molecule has 0 radical (unpaired) electrons. The van der Waals surface area contributed by atoms with Crippen molar-refractivity contribution in [3.8, 4) is 0 Å². The van der Waals surface area contributed by atoms with Gasteiger partial charge < -0.3 is 15.5 Å². The number of anilines is 1. The Labute approximate surface area is 193 Å². The van der Waals surface area contributed by atoms with Crippen molar-refractivity contribution in [2.75, 3.05) is 24.5 Å². The molecule has 7 nitrogen and oxygen atoms in total. The maximum Gasteiger partial charge on any atom is 0.255 e. The molecule has 3 aromatic rings. The fourth-order valence-corrected chi connectivity index (χ4v) is 5.23. The second kappa shape index (κ2) is 8.37. The summed E-state index contributed by atoms with van der Waals surface area (Å²) in [5, 5.41) is 5.33. The zero-order valence-corrected chi connectivity index (χ0v) is 19.3. The number of piperidine rings is 1. The summed E-state index contributed by atoms with van der Waals surface area (Å²) in [5.74, 6) is 0.938. The van der Waals surface area contributed by atoms with E-state index in [1.807, 2.05) is 46.8 Å². The Balaban J connectivity index is 1.47. The highest BCUT2D eigenvalue weighted by atomic mass is 35.5. The third kappa shape index (κ3) is 3.84. The fraction of sp³-hybridized carbons (Fsp3) is 0.458. The zero-order valence-electron chi connectivity index (χ0n) is 18.6.